The van der Waals surface area contributed by atoms with Gasteiger partial charge < -0.3 is 0 Å². The molecule has 30 heavy (non-hydrogen) atoms. The van der Waals surface area contributed by atoms with Crippen molar-refractivity contribution < 1.29 is 18.3 Å². The maximum atomic E-state index is 13.0. The number of nitro benzene ring substituents is 2. The number of sulfonamides is 1. The summed E-state index contributed by atoms with van der Waals surface area (Å²) in [5, 5.41) is 26.0. The maximum absolute atomic E-state index is 13.0. The Bertz CT molecular complexity index is 1080. The van der Waals surface area contributed by atoms with Gasteiger partial charge in [-0.15, -0.1) is 0 Å². The van der Waals surface area contributed by atoms with Gasteiger partial charge in [0, 0.05) is 37.4 Å². The molecule has 0 bridgehead atoms. The van der Waals surface area contributed by atoms with E-state index in [9.17, 15) is 28.6 Å². The third kappa shape index (κ3) is 4.96. The first-order valence-corrected chi connectivity index (χ1v) is 10.4. The van der Waals surface area contributed by atoms with Crippen molar-refractivity contribution in [2.75, 3.05) is 18.5 Å². The number of hydrogen-bond donors (Lipinski definition) is 1. The van der Waals surface area contributed by atoms with Gasteiger partial charge in [-0.25, -0.2) is 8.42 Å². The Hall–Kier alpha value is -3.38. The molecule has 2 rings (SSSR count). The minimum Gasteiger partial charge on any atom is -0.277 e. The number of nitro groups is 2. The Morgan fingerprint density at radius 2 is 1.53 bits per heavy atom. The number of rotatable bonds is 9. The van der Waals surface area contributed by atoms with E-state index >= 15 is 0 Å². The zero-order valence-corrected chi connectivity index (χ0v) is 17.4. The second-order valence-electron chi connectivity index (χ2n) is 6.14. The van der Waals surface area contributed by atoms with Gasteiger partial charge in [0.15, 0.2) is 0 Å². The van der Waals surface area contributed by atoms with Crippen LogP contribution >= 0.6 is 0 Å². The van der Waals surface area contributed by atoms with Gasteiger partial charge in [0.2, 0.25) is 10.0 Å². The molecule has 0 aliphatic carbocycles. The van der Waals surface area contributed by atoms with E-state index in [4.69, 9.17) is 0 Å². The summed E-state index contributed by atoms with van der Waals surface area (Å²) < 4.78 is 27.1. The minimum atomic E-state index is -3.99. The van der Waals surface area contributed by atoms with Gasteiger partial charge in [-0.2, -0.15) is 9.41 Å². The SMILES string of the molecule is CCN(CC)S(=O)(=O)c1cc([N+](=O)[O-])ccc1N/N=C(\C)c1ccc([N+](=O)[O-])cc1. The first-order valence-electron chi connectivity index (χ1n) is 8.95. The van der Waals surface area contributed by atoms with Crippen LogP contribution in [0.3, 0.4) is 0 Å². The molecular weight excluding hydrogens is 414 g/mol. The van der Waals surface area contributed by atoms with Crippen molar-refractivity contribution in [2.45, 2.75) is 25.7 Å². The van der Waals surface area contributed by atoms with E-state index in [0.717, 1.165) is 6.07 Å². The third-order valence-electron chi connectivity index (χ3n) is 4.34. The Morgan fingerprint density at radius 1 is 1.00 bits per heavy atom. The molecule has 11 nitrogen and oxygen atoms in total. The standard InChI is InChI=1S/C18H21N5O6S/c1-4-21(5-2)30(28,29)18-12-16(23(26)27)10-11-17(18)20-19-13(3)14-6-8-15(9-7-14)22(24)25/h6-12,20H,4-5H2,1-3H3/b19-13+. The smallest absolute Gasteiger partial charge is 0.270 e. The molecule has 0 aliphatic heterocycles. The number of benzene rings is 2. The summed E-state index contributed by atoms with van der Waals surface area (Å²) in [5.41, 5.74) is 3.33. The molecule has 0 radical (unpaired) electrons. The number of hydrazone groups is 1. The predicted molar refractivity (Wildman–Crippen MR) is 112 cm³/mol. The molecule has 0 unspecified atom stereocenters. The number of non-ortho nitro benzene ring substituents is 2. The normalized spacial score (nSPS) is 12.1. The van der Waals surface area contributed by atoms with Crippen molar-refractivity contribution in [2.24, 2.45) is 5.10 Å². The highest BCUT2D eigenvalue weighted by atomic mass is 32.2. The van der Waals surface area contributed by atoms with Gasteiger partial charge in [0.1, 0.15) is 4.90 Å². The Morgan fingerprint density at radius 3 is 2.03 bits per heavy atom. The average molecular weight is 435 g/mol. The molecule has 2 aromatic rings. The summed E-state index contributed by atoms with van der Waals surface area (Å²) in [6, 6.07) is 9.14. The van der Waals surface area contributed by atoms with Crippen molar-refractivity contribution in [1.82, 2.24) is 4.31 Å². The lowest BCUT2D eigenvalue weighted by atomic mass is 10.1. The molecule has 0 aliphatic rings. The first-order chi connectivity index (χ1) is 14.1. The Labute approximate surface area is 173 Å². The number of nitrogens with zero attached hydrogens (tertiary/aromatic N) is 4. The molecular formula is C18H21N5O6S. The topological polar surface area (TPSA) is 148 Å². The van der Waals surface area contributed by atoms with Crippen LogP contribution in [0, 0.1) is 20.2 Å². The van der Waals surface area contributed by atoms with Crippen LogP contribution < -0.4 is 5.43 Å². The van der Waals surface area contributed by atoms with Gasteiger partial charge in [-0.3, -0.25) is 25.7 Å². The van der Waals surface area contributed by atoms with E-state index in [0.29, 0.717) is 11.3 Å². The second-order valence-corrected chi connectivity index (χ2v) is 8.05. The third-order valence-corrected chi connectivity index (χ3v) is 6.43. The minimum absolute atomic E-state index is 0.0671. The molecule has 12 heteroatoms. The van der Waals surface area contributed by atoms with Crippen molar-refractivity contribution in [1.29, 1.82) is 0 Å². The van der Waals surface area contributed by atoms with E-state index in [-0.39, 0.29) is 35.0 Å². The summed E-state index contributed by atoms with van der Waals surface area (Å²) in [4.78, 5) is 20.4. The van der Waals surface area contributed by atoms with E-state index in [1.807, 2.05) is 0 Å². The molecule has 0 aromatic heterocycles. The fraction of sp³-hybridized carbons (Fsp3) is 0.278. The summed E-state index contributed by atoms with van der Waals surface area (Å²) in [6.45, 7) is 5.38. The summed E-state index contributed by atoms with van der Waals surface area (Å²) in [6.07, 6.45) is 0. The lowest BCUT2D eigenvalue weighted by Gasteiger charge is -2.20. The van der Waals surface area contributed by atoms with Gasteiger partial charge in [0.25, 0.3) is 11.4 Å². The summed E-state index contributed by atoms with van der Waals surface area (Å²) in [5.74, 6) is 0. The molecule has 160 valence electrons. The number of anilines is 1. The zero-order chi connectivity index (χ0) is 22.5. The largest absolute Gasteiger partial charge is 0.277 e. The Kier molecular flexibility index (Phi) is 7.19. The highest BCUT2D eigenvalue weighted by molar-refractivity contribution is 7.89. The number of hydrogen-bond acceptors (Lipinski definition) is 8. The highest BCUT2D eigenvalue weighted by Gasteiger charge is 2.27. The molecule has 0 atom stereocenters. The van der Waals surface area contributed by atoms with E-state index < -0.39 is 19.9 Å². The molecule has 1 N–H and O–H groups in total. The van der Waals surface area contributed by atoms with E-state index in [1.54, 1.807) is 20.8 Å². The molecule has 0 saturated carbocycles. The van der Waals surface area contributed by atoms with Crippen LogP contribution in [0.25, 0.3) is 0 Å². The lowest BCUT2D eigenvalue weighted by Crippen LogP contribution is -2.31. The Balaban J connectivity index is 2.44. The summed E-state index contributed by atoms with van der Waals surface area (Å²) >= 11 is 0. The van der Waals surface area contributed by atoms with E-state index in [1.165, 1.54) is 40.7 Å². The van der Waals surface area contributed by atoms with Crippen LogP contribution in [-0.4, -0.2) is 41.4 Å². The molecule has 0 amide bonds. The van der Waals surface area contributed by atoms with Crippen LogP contribution in [-0.2, 0) is 10.0 Å². The van der Waals surface area contributed by atoms with Gasteiger partial charge in [0.05, 0.1) is 21.2 Å². The molecule has 0 heterocycles. The molecule has 2 aromatic carbocycles. The monoisotopic (exact) mass is 435 g/mol. The van der Waals surface area contributed by atoms with Crippen LogP contribution in [0.2, 0.25) is 0 Å². The fourth-order valence-corrected chi connectivity index (χ4v) is 4.29. The van der Waals surface area contributed by atoms with Gasteiger partial charge in [-0.1, -0.05) is 13.8 Å². The van der Waals surface area contributed by atoms with Crippen LogP contribution in [0.4, 0.5) is 17.1 Å². The quantitative estimate of drug-likeness (QED) is 0.360. The average Bonchev–Trinajstić information content (AvgIpc) is 2.72. The van der Waals surface area contributed by atoms with Crippen molar-refractivity contribution in [3.63, 3.8) is 0 Å². The molecule has 0 fully saturated rings. The van der Waals surface area contributed by atoms with Gasteiger partial charge >= 0.3 is 0 Å². The van der Waals surface area contributed by atoms with Crippen molar-refractivity contribution in [3.8, 4) is 0 Å². The lowest BCUT2D eigenvalue weighted by molar-refractivity contribution is -0.385. The van der Waals surface area contributed by atoms with Crippen LogP contribution in [0.15, 0.2) is 52.5 Å². The first kappa shape index (κ1) is 22.9. The van der Waals surface area contributed by atoms with Crippen LogP contribution in [0.5, 0.6) is 0 Å². The fourth-order valence-electron chi connectivity index (χ4n) is 2.67. The summed E-state index contributed by atoms with van der Waals surface area (Å²) in [7, 11) is -3.99. The van der Waals surface area contributed by atoms with Crippen LogP contribution in [0.1, 0.15) is 26.3 Å². The second kappa shape index (κ2) is 9.41. The van der Waals surface area contributed by atoms with Crippen molar-refractivity contribution >= 4 is 32.8 Å². The maximum Gasteiger partial charge on any atom is 0.270 e. The molecule has 0 saturated heterocycles. The number of nitrogens with one attached hydrogen (secondary N) is 1. The molecule has 0 spiro atoms. The zero-order valence-electron chi connectivity index (χ0n) is 16.6. The van der Waals surface area contributed by atoms with Gasteiger partial charge in [-0.05, 0) is 30.7 Å². The highest BCUT2D eigenvalue weighted by Crippen LogP contribution is 2.29. The van der Waals surface area contributed by atoms with Crippen molar-refractivity contribution in [3.05, 3.63) is 68.3 Å². The van der Waals surface area contributed by atoms with E-state index in [2.05, 4.69) is 10.5 Å². The predicted octanol–water partition coefficient (Wildman–Crippen LogP) is 3.37.